The van der Waals surface area contributed by atoms with Crippen LogP contribution in [0.3, 0.4) is 0 Å². The Balaban J connectivity index is 0. The Morgan fingerprint density at radius 3 is 0.853 bits per heavy atom. The quantitative estimate of drug-likeness (QED) is 0.206. The van der Waals surface area contributed by atoms with E-state index in [-0.39, 0.29) is 11.1 Å². The van der Waals surface area contributed by atoms with Crippen LogP contribution in [0.25, 0.3) is 0 Å². The number of aromatic carboxylic acids is 2. The van der Waals surface area contributed by atoms with Gasteiger partial charge in [0.25, 0.3) is 0 Å². The summed E-state index contributed by atoms with van der Waals surface area (Å²) in [5, 5.41) is 17.1. The molecule has 0 saturated heterocycles. The van der Waals surface area contributed by atoms with Gasteiger partial charge >= 0.3 is 11.9 Å². The minimum absolute atomic E-state index is 0.190. The second-order valence-electron chi connectivity index (χ2n) is 9.11. The number of unbranched alkanes of at least 4 members (excludes halogenated alkanes) is 16. The van der Waals surface area contributed by atoms with E-state index < -0.39 is 11.9 Å². The molecular formula is C30H54O4. The molecule has 0 atom stereocenters. The Morgan fingerprint density at radius 1 is 0.471 bits per heavy atom. The van der Waals surface area contributed by atoms with Crippen LogP contribution in [0.5, 0.6) is 0 Å². The third-order valence-electron chi connectivity index (χ3n) is 5.80. The summed E-state index contributed by atoms with van der Waals surface area (Å²) in [6, 6.07) is 5.48. The lowest BCUT2D eigenvalue weighted by atomic mass is 10.1. The standard InChI is InChI=1S/2C11H24.C8H6O4/c2*1-3-5-7-9-11-10-8-6-4-2;9-7(10)5-3-1-2-4-6(5)8(11)12/h2*3-11H2,1-2H3;1-4H,(H,9,10)(H,11,12). The second kappa shape index (κ2) is 27.4. The van der Waals surface area contributed by atoms with Crippen molar-refractivity contribution >= 4 is 11.9 Å². The SMILES string of the molecule is CCCCCCCCCCC.CCCCCCCCCCC.O=C(O)c1ccccc1C(=O)O. The maximum absolute atomic E-state index is 10.5. The van der Waals surface area contributed by atoms with Crippen molar-refractivity contribution in [2.45, 2.75) is 143 Å². The van der Waals surface area contributed by atoms with E-state index in [1.54, 1.807) is 0 Å². The molecule has 1 aromatic rings. The van der Waals surface area contributed by atoms with Crippen molar-refractivity contribution in [2.75, 3.05) is 0 Å². The highest BCUT2D eigenvalue weighted by Crippen LogP contribution is 2.10. The third-order valence-corrected chi connectivity index (χ3v) is 5.80. The van der Waals surface area contributed by atoms with Crippen molar-refractivity contribution < 1.29 is 19.8 Å². The van der Waals surface area contributed by atoms with Crippen LogP contribution in [0.1, 0.15) is 164 Å². The molecule has 4 nitrogen and oxygen atoms in total. The molecule has 0 saturated carbocycles. The van der Waals surface area contributed by atoms with Crippen LogP contribution in [0.15, 0.2) is 24.3 Å². The molecule has 34 heavy (non-hydrogen) atoms. The number of benzene rings is 1. The van der Waals surface area contributed by atoms with Gasteiger partial charge < -0.3 is 10.2 Å². The zero-order valence-corrected chi connectivity index (χ0v) is 22.7. The molecule has 198 valence electrons. The van der Waals surface area contributed by atoms with E-state index in [4.69, 9.17) is 10.2 Å². The second-order valence-corrected chi connectivity index (χ2v) is 9.11. The molecule has 0 aliphatic rings. The van der Waals surface area contributed by atoms with Gasteiger partial charge in [0, 0.05) is 0 Å². The van der Waals surface area contributed by atoms with Gasteiger partial charge in [-0.2, -0.15) is 0 Å². The molecule has 0 heterocycles. The van der Waals surface area contributed by atoms with Crippen LogP contribution in [-0.4, -0.2) is 22.2 Å². The molecule has 0 aromatic heterocycles. The fraction of sp³-hybridized carbons (Fsp3) is 0.733. The smallest absolute Gasteiger partial charge is 0.336 e. The van der Waals surface area contributed by atoms with Gasteiger partial charge in [0.15, 0.2) is 0 Å². The maximum atomic E-state index is 10.5. The molecule has 0 radical (unpaired) electrons. The van der Waals surface area contributed by atoms with Crippen molar-refractivity contribution in [2.24, 2.45) is 0 Å². The number of carboxylic acid groups (broad SMARTS) is 2. The highest BCUT2D eigenvalue weighted by Gasteiger charge is 2.13. The van der Waals surface area contributed by atoms with Crippen LogP contribution in [-0.2, 0) is 0 Å². The Labute approximate surface area is 210 Å². The largest absolute Gasteiger partial charge is 0.478 e. The molecular weight excluding hydrogens is 424 g/mol. The van der Waals surface area contributed by atoms with E-state index in [9.17, 15) is 9.59 Å². The van der Waals surface area contributed by atoms with Crippen molar-refractivity contribution in [1.82, 2.24) is 0 Å². The molecule has 4 heteroatoms. The monoisotopic (exact) mass is 478 g/mol. The van der Waals surface area contributed by atoms with Gasteiger partial charge in [-0.1, -0.05) is 155 Å². The molecule has 0 fully saturated rings. The lowest BCUT2D eigenvalue weighted by molar-refractivity contribution is 0.0651. The molecule has 0 unspecified atom stereocenters. The Morgan fingerprint density at radius 2 is 0.676 bits per heavy atom. The summed E-state index contributed by atoms with van der Waals surface area (Å²) < 4.78 is 0. The fourth-order valence-electron chi connectivity index (χ4n) is 3.62. The average molecular weight is 479 g/mol. The van der Waals surface area contributed by atoms with E-state index >= 15 is 0 Å². The maximum Gasteiger partial charge on any atom is 0.336 e. The first-order chi connectivity index (χ1) is 16.5. The van der Waals surface area contributed by atoms with Crippen LogP contribution in [0.4, 0.5) is 0 Å². The molecule has 0 bridgehead atoms. The van der Waals surface area contributed by atoms with Gasteiger partial charge in [0.2, 0.25) is 0 Å². The van der Waals surface area contributed by atoms with E-state index in [0.29, 0.717) is 0 Å². The Hall–Kier alpha value is -1.84. The zero-order chi connectivity index (χ0) is 25.9. The van der Waals surface area contributed by atoms with E-state index in [1.807, 2.05) is 0 Å². The minimum Gasteiger partial charge on any atom is -0.478 e. The first-order valence-electron chi connectivity index (χ1n) is 14.0. The molecule has 0 aliphatic carbocycles. The lowest BCUT2D eigenvalue weighted by Gasteiger charge is -1.98. The normalized spacial score (nSPS) is 10.0. The molecule has 0 spiro atoms. The Bertz CT molecular complexity index is 516. The topological polar surface area (TPSA) is 74.6 Å². The van der Waals surface area contributed by atoms with Crippen LogP contribution < -0.4 is 0 Å². The fourth-order valence-corrected chi connectivity index (χ4v) is 3.62. The van der Waals surface area contributed by atoms with Gasteiger partial charge in [-0.25, -0.2) is 9.59 Å². The number of carbonyl (C=O) groups is 2. The van der Waals surface area contributed by atoms with Crippen LogP contribution in [0.2, 0.25) is 0 Å². The van der Waals surface area contributed by atoms with Crippen molar-refractivity contribution in [3.8, 4) is 0 Å². The van der Waals surface area contributed by atoms with Gasteiger partial charge in [-0.15, -0.1) is 0 Å². The Kier molecular flexibility index (Phi) is 27.7. The predicted molar refractivity (Wildman–Crippen MR) is 146 cm³/mol. The van der Waals surface area contributed by atoms with E-state index in [0.717, 1.165) is 0 Å². The first-order valence-corrected chi connectivity index (χ1v) is 14.0. The number of rotatable bonds is 18. The van der Waals surface area contributed by atoms with E-state index in [2.05, 4.69) is 27.7 Å². The summed E-state index contributed by atoms with van der Waals surface area (Å²) in [5.74, 6) is -2.46. The van der Waals surface area contributed by atoms with Gasteiger partial charge in [-0.05, 0) is 12.1 Å². The van der Waals surface area contributed by atoms with E-state index in [1.165, 1.54) is 140 Å². The summed E-state index contributed by atoms with van der Waals surface area (Å²) >= 11 is 0. The highest BCUT2D eigenvalue weighted by molar-refractivity contribution is 6.01. The highest BCUT2D eigenvalue weighted by atomic mass is 16.4. The summed E-state index contributed by atoms with van der Waals surface area (Å²) in [6.45, 7) is 9.10. The first kappa shape index (κ1) is 34.3. The molecule has 0 amide bonds. The minimum atomic E-state index is -1.23. The molecule has 1 aromatic carbocycles. The summed E-state index contributed by atoms with van der Waals surface area (Å²) in [6.07, 6.45) is 25.9. The van der Waals surface area contributed by atoms with Gasteiger partial charge in [0.1, 0.15) is 0 Å². The lowest BCUT2D eigenvalue weighted by Crippen LogP contribution is -2.06. The van der Waals surface area contributed by atoms with Gasteiger partial charge in [-0.3, -0.25) is 0 Å². The number of hydrogen-bond donors (Lipinski definition) is 2. The van der Waals surface area contributed by atoms with Crippen LogP contribution >= 0.6 is 0 Å². The number of carboxylic acids is 2. The summed E-state index contributed by atoms with van der Waals surface area (Å²) in [7, 11) is 0. The average Bonchev–Trinajstić information content (AvgIpc) is 2.84. The van der Waals surface area contributed by atoms with Crippen molar-refractivity contribution in [3.05, 3.63) is 35.4 Å². The summed E-state index contributed by atoms with van der Waals surface area (Å²) in [5.41, 5.74) is -0.380. The third kappa shape index (κ3) is 23.3. The zero-order valence-electron chi connectivity index (χ0n) is 22.7. The molecule has 1 rings (SSSR count). The predicted octanol–water partition coefficient (Wildman–Crippen LogP) is 10.2. The summed E-state index contributed by atoms with van der Waals surface area (Å²) in [4.78, 5) is 20.9. The number of hydrogen-bond acceptors (Lipinski definition) is 2. The van der Waals surface area contributed by atoms with Gasteiger partial charge in [0.05, 0.1) is 11.1 Å². The molecule has 2 N–H and O–H groups in total. The van der Waals surface area contributed by atoms with Crippen molar-refractivity contribution in [3.63, 3.8) is 0 Å². The van der Waals surface area contributed by atoms with Crippen LogP contribution in [0, 0.1) is 0 Å². The van der Waals surface area contributed by atoms with Crippen molar-refractivity contribution in [1.29, 1.82) is 0 Å². The molecule has 0 aliphatic heterocycles.